The maximum atomic E-state index is 10.9. The van der Waals surface area contributed by atoms with Crippen molar-refractivity contribution in [1.29, 1.82) is 0 Å². The number of nitrogens with zero attached hydrogens (tertiary/aromatic N) is 1. The molecule has 0 aliphatic carbocycles. The lowest BCUT2D eigenvalue weighted by atomic mass is 10.0. The zero-order chi connectivity index (χ0) is 14.7. The number of rotatable bonds is 4. The van der Waals surface area contributed by atoms with E-state index in [0.717, 1.165) is 16.9 Å². The van der Waals surface area contributed by atoms with Crippen LogP contribution in [0.1, 0.15) is 29.5 Å². The van der Waals surface area contributed by atoms with Gasteiger partial charge in [-0.1, -0.05) is 18.2 Å². The van der Waals surface area contributed by atoms with E-state index in [2.05, 4.69) is 4.98 Å². The molecule has 0 spiro atoms. The molecule has 0 saturated heterocycles. The Hall–Kier alpha value is -2.36. The number of aryl methyl sites for hydroxylation is 1. The van der Waals surface area contributed by atoms with Crippen molar-refractivity contribution < 1.29 is 14.6 Å². The van der Waals surface area contributed by atoms with Gasteiger partial charge in [-0.3, -0.25) is 4.79 Å². The van der Waals surface area contributed by atoms with Crippen LogP contribution in [0.25, 0.3) is 0 Å². The van der Waals surface area contributed by atoms with Gasteiger partial charge in [0.25, 0.3) is 0 Å². The molecular formula is C16H17NO3. The molecule has 104 valence electrons. The fourth-order valence-electron chi connectivity index (χ4n) is 1.80. The van der Waals surface area contributed by atoms with Gasteiger partial charge in [0.2, 0.25) is 5.88 Å². The number of hydrogen-bond donors (Lipinski definition) is 1. The van der Waals surface area contributed by atoms with Crippen LogP contribution < -0.4 is 4.74 Å². The number of ether oxygens (including phenoxy) is 1. The van der Waals surface area contributed by atoms with Crippen LogP contribution in [0.15, 0.2) is 36.5 Å². The Balaban J connectivity index is 2.19. The minimum atomic E-state index is -0.866. The first-order chi connectivity index (χ1) is 9.49. The first-order valence-electron chi connectivity index (χ1n) is 6.42. The van der Waals surface area contributed by atoms with Crippen LogP contribution in [-0.2, 0) is 4.79 Å². The SMILES string of the molecule is Cc1cccc(Oc2ccc(C(C)C(=O)O)cn2)c1C. The number of aromatic nitrogens is 1. The monoisotopic (exact) mass is 271 g/mol. The van der Waals surface area contributed by atoms with Crippen molar-refractivity contribution in [3.63, 3.8) is 0 Å². The topological polar surface area (TPSA) is 59.4 Å². The van der Waals surface area contributed by atoms with E-state index in [-0.39, 0.29) is 0 Å². The summed E-state index contributed by atoms with van der Waals surface area (Å²) in [7, 11) is 0. The molecule has 20 heavy (non-hydrogen) atoms. The predicted molar refractivity (Wildman–Crippen MR) is 76.3 cm³/mol. The van der Waals surface area contributed by atoms with E-state index in [1.54, 1.807) is 25.3 Å². The average molecular weight is 271 g/mol. The number of carboxylic acid groups (broad SMARTS) is 1. The van der Waals surface area contributed by atoms with Crippen molar-refractivity contribution >= 4 is 5.97 Å². The average Bonchev–Trinajstić information content (AvgIpc) is 2.44. The highest BCUT2D eigenvalue weighted by Crippen LogP contribution is 2.26. The van der Waals surface area contributed by atoms with Gasteiger partial charge in [0.05, 0.1) is 5.92 Å². The van der Waals surface area contributed by atoms with Gasteiger partial charge < -0.3 is 9.84 Å². The lowest BCUT2D eigenvalue weighted by molar-refractivity contribution is -0.138. The number of hydrogen-bond acceptors (Lipinski definition) is 3. The molecule has 2 aromatic rings. The highest BCUT2D eigenvalue weighted by Gasteiger charge is 2.14. The second-order valence-corrected chi connectivity index (χ2v) is 4.79. The Morgan fingerprint density at radius 3 is 2.60 bits per heavy atom. The van der Waals surface area contributed by atoms with E-state index >= 15 is 0 Å². The second kappa shape index (κ2) is 5.74. The molecular weight excluding hydrogens is 254 g/mol. The summed E-state index contributed by atoms with van der Waals surface area (Å²) >= 11 is 0. The van der Waals surface area contributed by atoms with Gasteiger partial charge >= 0.3 is 5.97 Å². The quantitative estimate of drug-likeness (QED) is 0.921. The molecule has 0 fully saturated rings. The van der Waals surface area contributed by atoms with Crippen molar-refractivity contribution in [3.8, 4) is 11.6 Å². The molecule has 1 aromatic heterocycles. The van der Waals surface area contributed by atoms with Crippen molar-refractivity contribution in [1.82, 2.24) is 4.98 Å². The number of pyridine rings is 1. The first kappa shape index (κ1) is 14.1. The van der Waals surface area contributed by atoms with E-state index < -0.39 is 11.9 Å². The zero-order valence-electron chi connectivity index (χ0n) is 11.8. The Bertz CT molecular complexity index is 620. The Labute approximate surface area is 118 Å². The van der Waals surface area contributed by atoms with Gasteiger partial charge in [-0.05, 0) is 43.5 Å². The molecule has 4 nitrogen and oxygen atoms in total. The van der Waals surface area contributed by atoms with Crippen molar-refractivity contribution in [2.24, 2.45) is 0 Å². The highest BCUT2D eigenvalue weighted by atomic mass is 16.5. The van der Waals surface area contributed by atoms with Crippen LogP contribution in [0, 0.1) is 13.8 Å². The Morgan fingerprint density at radius 1 is 1.25 bits per heavy atom. The minimum absolute atomic E-state index is 0.458. The normalized spacial score (nSPS) is 11.9. The smallest absolute Gasteiger partial charge is 0.310 e. The molecule has 4 heteroatoms. The maximum Gasteiger partial charge on any atom is 0.310 e. The van der Waals surface area contributed by atoms with E-state index in [1.807, 2.05) is 32.0 Å². The summed E-state index contributed by atoms with van der Waals surface area (Å²) in [4.78, 5) is 15.1. The van der Waals surface area contributed by atoms with Crippen LogP contribution in [0.4, 0.5) is 0 Å². The molecule has 0 amide bonds. The van der Waals surface area contributed by atoms with Gasteiger partial charge in [-0.25, -0.2) is 4.98 Å². The van der Waals surface area contributed by atoms with Gasteiger partial charge in [0.1, 0.15) is 5.75 Å². The summed E-state index contributed by atoms with van der Waals surface area (Å²) in [6, 6.07) is 9.26. The summed E-state index contributed by atoms with van der Waals surface area (Å²) in [5.41, 5.74) is 2.88. The van der Waals surface area contributed by atoms with E-state index in [1.165, 1.54) is 0 Å². The maximum absolute atomic E-state index is 10.9. The van der Waals surface area contributed by atoms with Gasteiger partial charge in [0, 0.05) is 12.3 Å². The van der Waals surface area contributed by atoms with Crippen molar-refractivity contribution in [2.45, 2.75) is 26.7 Å². The molecule has 0 radical (unpaired) electrons. The molecule has 1 N–H and O–H groups in total. The zero-order valence-corrected chi connectivity index (χ0v) is 11.8. The fourth-order valence-corrected chi connectivity index (χ4v) is 1.80. The molecule has 0 aliphatic heterocycles. The van der Waals surface area contributed by atoms with Crippen LogP contribution >= 0.6 is 0 Å². The third kappa shape index (κ3) is 2.96. The van der Waals surface area contributed by atoms with Crippen LogP contribution in [0.2, 0.25) is 0 Å². The third-order valence-electron chi connectivity index (χ3n) is 3.40. The number of benzene rings is 1. The van der Waals surface area contributed by atoms with Gasteiger partial charge in [-0.2, -0.15) is 0 Å². The molecule has 1 heterocycles. The minimum Gasteiger partial charge on any atom is -0.481 e. The number of carboxylic acids is 1. The van der Waals surface area contributed by atoms with Crippen LogP contribution in [0.5, 0.6) is 11.6 Å². The summed E-state index contributed by atoms with van der Waals surface area (Å²) in [6.45, 7) is 5.64. The molecule has 2 rings (SSSR count). The summed E-state index contributed by atoms with van der Waals surface area (Å²) in [6.07, 6.45) is 1.54. The van der Waals surface area contributed by atoms with Gasteiger partial charge in [-0.15, -0.1) is 0 Å². The fraction of sp³-hybridized carbons (Fsp3) is 0.250. The highest BCUT2D eigenvalue weighted by molar-refractivity contribution is 5.75. The Morgan fingerprint density at radius 2 is 2.00 bits per heavy atom. The van der Waals surface area contributed by atoms with Gasteiger partial charge in [0.15, 0.2) is 0 Å². The predicted octanol–water partition coefficient (Wildman–Crippen LogP) is 3.68. The third-order valence-corrected chi connectivity index (χ3v) is 3.40. The standard InChI is InChI=1S/C16H17NO3/c1-10-5-4-6-14(11(10)2)20-15-8-7-13(9-17-15)12(3)16(18)19/h4-9,12H,1-3H3,(H,18,19). The van der Waals surface area contributed by atoms with E-state index in [9.17, 15) is 4.79 Å². The molecule has 1 aromatic carbocycles. The van der Waals surface area contributed by atoms with E-state index in [0.29, 0.717) is 11.4 Å². The van der Waals surface area contributed by atoms with Crippen LogP contribution in [-0.4, -0.2) is 16.1 Å². The largest absolute Gasteiger partial charge is 0.481 e. The van der Waals surface area contributed by atoms with Crippen LogP contribution in [0.3, 0.4) is 0 Å². The van der Waals surface area contributed by atoms with Crippen molar-refractivity contribution in [3.05, 3.63) is 53.2 Å². The molecule has 1 unspecified atom stereocenters. The number of aliphatic carboxylic acids is 1. The second-order valence-electron chi connectivity index (χ2n) is 4.79. The first-order valence-corrected chi connectivity index (χ1v) is 6.42. The Kier molecular flexibility index (Phi) is 4.03. The van der Waals surface area contributed by atoms with E-state index in [4.69, 9.17) is 9.84 Å². The van der Waals surface area contributed by atoms with Crippen molar-refractivity contribution in [2.75, 3.05) is 0 Å². The summed E-state index contributed by atoms with van der Waals surface area (Å²) in [5.74, 6) is -0.219. The summed E-state index contributed by atoms with van der Waals surface area (Å²) < 4.78 is 5.73. The lowest BCUT2D eigenvalue weighted by Crippen LogP contribution is -2.07. The molecule has 0 bridgehead atoms. The lowest BCUT2D eigenvalue weighted by Gasteiger charge is -2.11. The summed E-state index contributed by atoms with van der Waals surface area (Å²) in [5, 5.41) is 8.95. The molecule has 0 saturated carbocycles. The molecule has 0 aliphatic rings. The molecule has 1 atom stereocenters. The number of carbonyl (C=O) groups is 1.